The summed E-state index contributed by atoms with van der Waals surface area (Å²) < 4.78 is 26.1. The molecule has 0 radical (unpaired) electrons. The minimum absolute atomic E-state index is 0.0365. The first-order valence-corrected chi connectivity index (χ1v) is 11.3. The Morgan fingerprint density at radius 2 is 1.93 bits per heavy atom. The topological polar surface area (TPSA) is 117 Å². The van der Waals surface area contributed by atoms with Crippen molar-refractivity contribution in [2.45, 2.75) is 39.7 Å². The Morgan fingerprint density at radius 1 is 1.29 bits per heavy atom. The second-order valence-corrected chi connectivity index (χ2v) is 9.80. The number of aromatic nitrogens is 3. The molecule has 3 rings (SSSR count). The number of aromatic amines is 1. The minimum atomic E-state index is -3.23. The van der Waals surface area contributed by atoms with Crippen LogP contribution in [0.15, 0.2) is 16.9 Å². The predicted octanol–water partition coefficient (Wildman–Crippen LogP) is 0.816. The molecule has 1 saturated heterocycles. The van der Waals surface area contributed by atoms with Crippen LogP contribution in [0, 0.1) is 18.8 Å². The highest BCUT2D eigenvalue weighted by Gasteiger charge is 2.31. The third kappa shape index (κ3) is 4.27. The van der Waals surface area contributed by atoms with Crippen LogP contribution < -0.4 is 10.9 Å². The number of carbonyl (C=O) groups is 1. The molecule has 154 valence electrons. The molecule has 9 nitrogen and oxygen atoms in total. The lowest BCUT2D eigenvalue weighted by Crippen LogP contribution is -2.44. The van der Waals surface area contributed by atoms with Crippen molar-refractivity contribution in [2.24, 2.45) is 11.8 Å². The van der Waals surface area contributed by atoms with E-state index in [2.05, 4.69) is 15.4 Å². The molecular weight excluding hydrogens is 382 g/mol. The summed E-state index contributed by atoms with van der Waals surface area (Å²) in [6.07, 6.45) is 2.15. The number of hydrogen-bond donors (Lipinski definition) is 2. The van der Waals surface area contributed by atoms with Crippen LogP contribution in [0.5, 0.6) is 0 Å². The van der Waals surface area contributed by atoms with Gasteiger partial charge in [0.1, 0.15) is 0 Å². The van der Waals surface area contributed by atoms with Gasteiger partial charge in [-0.05, 0) is 25.7 Å². The fraction of sp³-hybridized carbons (Fsp3) is 0.611. The van der Waals surface area contributed by atoms with E-state index in [1.807, 2.05) is 20.8 Å². The molecular formula is C18H27N5O4S. The maximum absolute atomic E-state index is 12.8. The molecule has 2 aromatic heterocycles. The van der Waals surface area contributed by atoms with Crippen LogP contribution in [0.25, 0.3) is 5.65 Å². The van der Waals surface area contributed by atoms with Crippen molar-refractivity contribution in [1.82, 2.24) is 24.2 Å². The maximum atomic E-state index is 12.8. The van der Waals surface area contributed by atoms with Gasteiger partial charge in [-0.25, -0.2) is 22.2 Å². The van der Waals surface area contributed by atoms with Crippen molar-refractivity contribution in [3.8, 4) is 0 Å². The SMILES string of the molecule is Cc1cc2nc([C@@H](NC(=O)C3CCN(S(C)(=O)=O)CC3)C(C)C)cc(=O)n2[nH]1. The number of fused-ring (bicyclic) bond motifs is 1. The Morgan fingerprint density at radius 3 is 2.50 bits per heavy atom. The van der Waals surface area contributed by atoms with Crippen LogP contribution in [0.2, 0.25) is 0 Å². The van der Waals surface area contributed by atoms with Crippen LogP contribution in [-0.2, 0) is 14.8 Å². The summed E-state index contributed by atoms with van der Waals surface area (Å²) in [5.41, 5.74) is 1.64. The molecule has 1 atom stereocenters. The highest BCUT2D eigenvalue weighted by molar-refractivity contribution is 7.88. The summed E-state index contributed by atoms with van der Waals surface area (Å²) in [5.74, 6) is -0.341. The number of hydrogen-bond acceptors (Lipinski definition) is 5. The summed E-state index contributed by atoms with van der Waals surface area (Å²) in [6, 6.07) is 2.83. The van der Waals surface area contributed by atoms with Crippen molar-refractivity contribution in [3.63, 3.8) is 0 Å². The predicted molar refractivity (Wildman–Crippen MR) is 105 cm³/mol. The number of carbonyl (C=O) groups excluding carboxylic acids is 1. The Labute approximate surface area is 164 Å². The molecule has 1 aliphatic heterocycles. The average molecular weight is 410 g/mol. The van der Waals surface area contributed by atoms with E-state index >= 15 is 0 Å². The van der Waals surface area contributed by atoms with Gasteiger partial charge in [-0.15, -0.1) is 0 Å². The molecule has 0 unspecified atom stereocenters. The molecule has 28 heavy (non-hydrogen) atoms. The first-order valence-electron chi connectivity index (χ1n) is 9.41. The van der Waals surface area contributed by atoms with Gasteiger partial charge >= 0.3 is 0 Å². The number of piperidine rings is 1. The second-order valence-electron chi connectivity index (χ2n) is 7.82. The third-order valence-corrected chi connectivity index (χ3v) is 6.48. The number of nitrogens with zero attached hydrogens (tertiary/aromatic N) is 3. The quantitative estimate of drug-likeness (QED) is 0.758. The van der Waals surface area contributed by atoms with Crippen LogP contribution in [0.1, 0.15) is 44.1 Å². The Balaban J connectivity index is 1.77. The highest BCUT2D eigenvalue weighted by Crippen LogP contribution is 2.24. The number of nitrogens with one attached hydrogen (secondary N) is 2. The smallest absolute Gasteiger partial charge is 0.272 e. The van der Waals surface area contributed by atoms with Gasteiger partial charge in [0.15, 0.2) is 5.65 Å². The molecule has 2 aromatic rings. The first-order chi connectivity index (χ1) is 13.1. The highest BCUT2D eigenvalue weighted by atomic mass is 32.2. The van der Waals surface area contributed by atoms with Crippen molar-refractivity contribution >= 4 is 21.6 Å². The van der Waals surface area contributed by atoms with Crippen LogP contribution in [0.4, 0.5) is 0 Å². The molecule has 1 amide bonds. The molecule has 0 saturated carbocycles. The number of amides is 1. The lowest BCUT2D eigenvalue weighted by molar-refractivity contribution is -0.127. The Hall–Kier alpha value is -2.20. The van der Waals surface area contributed by atoms with E-state index in [4.69, 9.17) is 0 Å². The normalized spacial score (nSPS) is 17.9. The minimum Gasteiger partial charge on any atom is -0.347 e. The van der Waals surface area contributed by atoms with Gasteiger partial charge in [0.05, 0.1) is 18.0 Å². The standard InChI is InChI=1S/C18H27N5O4S/c1-11(2)17(14-10-16(24)23-15(19-14)9-12(3)21-23)20-18(25)13-5-7-22(8-6-13)28(4,26)27/h9-11,13,17,21H,5-8H2,1-4H3,(H,20,25)/t17-/m0/s1. The van der Waals surface area contributed by atoms with E-state index in [0.29, 0.717) is 37.3 Å². The molecule has 0 spiro atoms. The zero-order chi connectivity index (χ0) is 20.6. The molecule has 1 aliphatic rings. The lowest BCUT2D eigenvalue weighted by atomic mass is 9.94. The zero-order valence-electron chi connectivity index (χ0n) is 16.6. The third-order valence-electron chi connectivity index (χ3n) is 5.18. The first kappa shape index (κ1) is 20.5. The van der Waals surface area contributed by atoms with Crippen LogP contribution >= 0.6 is 0 Å². The lowest BCUT2D eigenvalue weighted by Gasteiger charge is -2.31. The van der Waals surface area contributed by atoms with E-state index in [0.717, 1.165) is 5.69 Å². The van der Waals surface area contributed by atoms with Gasteiger partial charge < -0.3 is 5.32 Å². The Bertz CT molecular complexity index is 1030. The van der Waals surface area contributed by atoms with Gasteiger partial charge in [-0.2, -0.15) is 0 Å². The summed E-state index contributed by atoms with van der Waals surface area (Å²) in [6.45, 7) is 6.46. The van der Waals surface area contributed by atoms with Crippen molar-refractivity contribution in [3.05, 3.63) is 33.9 Å². The van der Waals surface area contributed by atoms with E-state index in [9.17, 15) is 18.0 Å². The van der Waals surface area contributed by atoms with Crippen molar-refractivity contribution in [1.29, 1.82) is 0 Å². The second kappa shape index (κ2) is 7.67. The number of sulfonamides is 1. The fourth-order valence-electron chi connectivity index (χ4n) is 3.59. The molecule has 0 aliphatic carbocycles. The molecule has 10 heteroatoms. The van der Waals surface area contributed by atoms with Gasteiger partial charge in [-0.1, -0.05) is 13.8 Å². The summed E-state index contributed by atoms with van der Waals surface area (Å²) in [7, 11) is -3.23. The van der Waals surface area contributed by atoms with Gasteiger partial charge in [-0.3, -0.25) is 14.7 Å². The molecule has 0 bridgehead atoms. The summed E-state index contributed by atoms with van der Waals surface area (Å²) in [4.78, 5) is 29.7. The fourth-order valence-corrected chi connectivity index (χ4v) is 4.47. The summed E-state index contributed by atoms with van der Waals surface area (Å²) >= 11 is 0. The van der Waals surface area contributed by atoms with E-state index < -0.39 is 16.1 Å². The van der Waals surface area contributed by atoms with Crippen LogP contribution in [0.3, 0.4) is 0 Å². The largest absolute Gasteiger partial charge is 0.347 e. The van der Waals surface area contributed by atoms with Gasteiger partial charge in [0, 0.05) is 36.8 Å². The van der Waals surface area contributed by atoms with E-state index in [1.165, 1.54) is 21.1 Å². The molecule has 2 N–H and O–H groups in total. The Kier molecular flexibility index (Phi) is 5.62. The van der Waals surface area contributed by atoms with Gasteiger partial charge in [0.2, 0.25) is 15.9 Å². The van der Waals surface area contributed by atoms with Gasteiger partial charge in [0.25, 0.3) is 5.56 Å². The number of rotatable bonds is 5. The van der Waals surface area contributed by atoms with Crippen LogP contribution in [-0.4, -0.2) is 52.6 Å². The number of H-pyrrole nitrogens is 1. The number of aryl methyl sites for hydroxylation is 1. The molecule has 0 aromatic carbocycles. The zero-order valence-corrected chi connectivity index (χ0v) is 17.4. The van der Waals surface area contributed by atoms with E-state index in [1.54, 1.807) is 6.07 Å². The molecule has 3 heterocycles. The maximum Gasteiger partial charge on any atom is 0.272 e. The summed E-state index contributed by atoms with van der Waals surface area (Å²) in [5, 5.41) is 5.96. The van der Waals surface area contributed by atoms with Crippen molar-refractivity contribution in [2.75, 3.05) is 19.3 Å². The molecule has 1 fully saturated rings. The van der Waals surface area contributed by atoms with E-state index in [-0.39, 0.29) is 23.3 Å². The van der Waals surface area contributed by atoms with Crippen molar-refractivity contribution < 1.29 is 13.2 Å². The average Bonchev–Trinajstić information content (AvgIpc) is 2.99. The monoisotopic (exact) mass is 409 g/mol.